The Balaban J connectivity index is 1.54. The average molecular weight is 486 g/mol. The average Bonchev–Trinajstić information content (AvgIpc) is 2.72. The molecule has 0 saturated heterocycles. The standard InChI is InChI=1S/C22H19IN2O3/c23-17-4-1-14(2-5-17)15-3-6-18-16(8-10-28-21(18)11-15)12-25-20-13-24-9-7-19(20)22(26)27/h1-7,9,11,13,16,25H,8,10,12H2,(H,26,27). The van der Waals surface area contributed by atoms with Gasteiger partial charge in [-0.3, -0.25) is 4.98 Å². The second-order valence-electron chi connectivity index (χ2n) is 6.70. The van der Waals surface area contributed by atoms with Crippen molar-refractivity contribution in [2.75, 3.05) is 18.5 Å². The minimum absolute atomic E-state index is 0.233. The normalized spacial score (nSPS) is 15.4. The number of ether oxygens (including phenoxy) is 1. The first kappa shape index (κ1) is 18.7. The lowest BCUT2D eigenvalue weighted by Crippen LogP contribution is -2.21. The second kappa shape index (κ2) is 8.18. The van der Waals surface area contributed by atoms with Crippen LogP contribution in [0.5, 0.6) is 5.75 Å². The maximum atomic E-state index is 11.4. The molecule has 0 fully saturated rings. The van der Waals surface area contributed by atoms with Crippen LogP contribution in [0, 0.1) is 3.57 Å². The van der Waals surface area contributed by atoms with Gasteiger partial charge in [0.25, 0.3) is 0 Å². The molecule has 1 unspecified atom stereocenters. The summed E-state index contributed by atoms with van der Waals surface area (Å²) in [6.45, 7) is 1.28. The maximum Gasteiger partial charge on any atom is 0.337 e. The fourth-order valence-corrected chi connectivity index (χ4v) is 3.81. The predicted octanol–water partition coefficient (Wildman–Crippen LogP) is 5.03. The number of hydrogen-bond donors (Lipinski definition) is 2. The highest BCUT2D eigenvalue weighted by Crippen LogP contribution is 2.37. The first-order valence-electron chi connectivity index (χ1n) is 9.05. The van der Waals surface area contributed by atoms with Gasteiger partial charge in [0.1, 0.15) is 5.75 Å². The van der Waals surface area contributed by atoms with Crippen molar-refractivity contribution in [2.45, 2.75) is 12.3 Å². The number of pyridine rings is 1. The highest BCUT2D eigenvalue weighted by Gasteiger charge is 2.22. The van der Waals surface area contributed by atoms with Crippen molar-refractivity contribution in [2.24, 2.45) is 0 Å². The number of nitrogens with zero attached hydrogens (tertiary/aromatic N) is 1. The Labute approximate surface area is 176 Å². The zero-order valence-corrected chi connectivity index (χ0v) is 17.2. The third-order valence-electron chi connectivity index (χ3n) is 4.95. The van der Waals surface area contributed by atoms with Crippen LogP contribution in [0.2, 0.25) is 0 Å². The van der Waals surface area contributed by atoms with Gasteiger partial charge in [-0.15, -0.1) is 0 Å². The van der Waals surface area contributed by atoms with Gasteiger partial charge in [-0.1, -0.05) is 24.3 Å². The second-order valence-corrected chi connectivity index (χ2v) is 7.95. The topological polar surface area (TPSA) is 71.5 Å². The molecule has 0 saturated carbocycles. The third kappa shape index (κ3) is 3.96. The first-order valence-corrected chi connectivity index (χ1v) is 10.1. The quantitative estimate of drug-likeness (QED) is 0.496. The molecule has 2 aromatic carbocycles. The van der Waals surface area contributed by atoms with Crippen molar-refractivity contribution in [3.8, 4) is 16.9 Å². The molecule has 142 valence electrons. The number of carbonyl (C=O) groups is 1. The highest BCUT2D eigenvalue weighted by molar-refractivity contribution is 14.1. The van der Waals surface area contributed by atoms with Crippen molar-refractivity contribution >= 4 is 34.2 Å². The Hall–Kier alpha value is -2.61. The molecule has 1 aliphatic rings. The van der Waals surface area contributed by atoms with Gasteiger partial charge in [-0.2, -0.15) is 0 Å². The van der Waals surface area contributed by atoms with Crippen LogP contribution in [-0.4, -0.2) is 29.2 Å². The molecule has 1 aliphatic heterocycles. The Kier molecular flexibility index (Phi) is 5.47. The number of hydrogen-bond acceptors (Lipinski definition) is 4. The SMILES string of the molecule is O=C(O)c1ccncc1NCC1CCOc2cc(-c3ccc(I)cc3)ccc21. The Morgan fingerprint density at radius 2 is 1.96 bits per heavy atom. The number of rotatable bonds is 5. The minimum atomic E-state index is -0.959. The van der Waals surface area contributed by atoms with E-state index >= 15 is 0 Å². The number of carboxylic acids is 1. The molecule has 0 spiro atoms. The van der Waals surface area contributed by atoms with Crippen LogP contribution in [0.15, 0.2) is 60.9 Å². The molecule has 6 heteroatoms. The molecule has 5 nitrogen and oxygen atoms in total. The summed E-state index contributed by atoms with van der Waals surface area (Å²) in [5, 5.41) is 12.6. The number of benzene rings is 2. The molecule has 0 aliphatic carbocycles. The van der Waals surface area contributed by atoms with E-state index in [1.165, 1.54) is 15.8 Å². The van der Waals surface area contributed by atoms with Crippen LogP contribution in [0.4, 0.5) is 5.69 Å². The van der Waals surface area contributed by atoms with Gasteiger partial charge in [-0.25, -0.2) is 4.79 Å². The van der Waals surface area contributed by atoms with Crippen LogP contribution in [-0.2, 0) is 0 Å². The molecule has 0 amide bonds. The molecular formula is C22H19IN2O3. The lowest BCUT2D eigenvalue weighted by atomic mass is 9.91. The first-order chi connectivity index (χ1) is 13.6. The van der Waals surface area contributed by atoms with Gasteiger partial charge >= 0.3 is 5.97 Å². The van der Waals surface area contributed by atoms with Gasteiger partial charge in [0.2, 0.25) is 0 Å². The molecule has 4 rings (SSSR count). The van der Waals surface area contributed by atoms with E-state index in [0.717, 1.165) is 28.9 Å². The molecule has 28 heavy (non-hydrogen) atoms. The molecule has 1 atom stereocenters. The van der Waals surface area contributed by atoms with Crippen LogP contribution in [0.1, 0.15) is 28.3 Å². The van der Waals surface area contributed by atoms with Crippen LogP contribution < -0.4 is 10.1 Å². The summed E-state index contributed by atoms with van der Waals surface area (Å²) in [6, 6.07) is 16.3. The zero-order chi connectivity index (χ0) is 19.5. The Bertz CT molecular complexity index is 1000. The fourth-order valence-electron chi connectivity index (χ4n) is 3.45. The molecular weight excluding hydrogens is 467 g/mol. The number of nitrogens with one attached hydrogen (secondary N) is 1. The largest absolute Gasteiger partial charge is 0.493 e. The molecule has 3 aromatic rings. The lowest BCUT2D eigenvalue weighted by molar-refractivity contribution is 0.0697. The Morgan fingerprint density at radius 3 is 2.75 bits per heavy atom. The van der Waals surface area contributed by atoms with E-state index in [0.29, 0.717) is 18.8 Å². The number of carboxylic acid groups (broad SMARTS) is 1. The van der Waals surface area contributed by atoms with Crippen molar-refractivity contribution < 1.29 is 14.6 Å². The smallest absolute Gasteiger partial charge is 0.337 e. The maximum absolute atomic E-state index is 11.4. The van der Waals surface area contributed by atoms with Crippen LogP contribution in [0.3, 0.4) is 0 Å². The van der Waals surface area contributed by atoms with E-state index in [1.807, 2.05) is 0 Å². The molecule has 2 N–H and O–H groups in total. The van der Waals surface area contributed by atoms with Gasteiger partial charge < -0.3 is 15.2 Å². The van der Waals surface area contributed by atoms with E-state index < -0.39 is 5.97 Å². The lowest BCUT2D eigenvalue weighted by Gasteiger charge is -2.27. The Morgan fingerprint density at radius 1 is 1.18 bits per heavy atom. The summed E-state index contributed by atoms with van der Waals surface area (Å²) in [4.78, 5) is 15.4. The van der Waals surface area contributed by atoms with Crippen LogP contribution >= 0.6 is 22.6 Å². The van der Waals surface area contributed by atoms with Gasteiger partial charge in [0.15, 0.2) is 0 Å². The van der Waals surface area contributed by atoms with E-state index in [-0.39, 0.29) is 11.5 Å². The van der Waals surface area contributed by atoms with Gasteiger partial charge in [0.05, 0.1) is 24.1 Å². The number of fused-ring (bicyclic) bond motifs is 1. The minimum Gasteiger partial charge on any atom is -0.493 e. The van der Waals surface area contributed by atoms with Crippen molar-refractivity contribution in [1.82, 2.24) is 4.98 Å². The van der Waals surface area contributed by atoms with Crippen molar-refractivity contribution in [1.29, 1.82) is 0 Å². The predicted molar refractivity (Wildman–Crippen MR) is 117 cm³/mol. The number of halogens is 1. The molecule has 1 aromatic heterocycles. The summed E-state index contributed by atoms with van der Waals surface area (Å²) < 4.78 is 7.12. The summed E-state index contributed by atoms with van der Waals surface area (Å²) in [5.41, 5.74) is 4.21. The van der Waals surface area contributed by atoms with Crippen molar-refractivity contribution in [3.63, 3.8) is 0 Å². The van der Waals surface area contributed by atoms with Crippen LogP contribution in [0.25, 0.3) is 11.1 Å². The van der Waals surface area contributed by atoms with E-state index in [4.69, 9.17) is 4.74 Å². The summed E-state index contributed by atoms with van der Waals surface area (Å²) in [5.74, 6) is 0.189. The van der Waals surface area contributed by atoms with E-state index in [9.17, 15) is 9.90 Å². The fraction of sp³-hybridized carbons (Fsp3) is 0.182. The summed E-state index contributed by atoms with van der Waals surface area (Å²) in [6.07, 6.45) is 3.93. The monoisotopic (exact) mass is 486 g/mol. The summed E-state index contributed by atoms with van der Waals surface area (Å²) >= 11 is 2.30. The zero-order valence-electron chi connectivity index (χ0n) is 15.1. The van der Waals surface area contributed by atoms with E-state index in [1.54, 1.807) is 6.20 Å². The van der Waals surface area contributed by atoms with Gasteiger partial charge in [0, 0.05) is 22.2 Å². The number of aromatic carboxylic acids is 1. The third-order valence-corrected chi connectivity index (χ3v) is 5.66. The van der Waals surface area contributed by atoms with Crippen molar-refractivity contribution in [3.05, 3.63) is 75.6 Å². The number of aromatic nitrogens is 1. The molecule has 2 heterocycles. The number of anilines is 1. The molecule has 0 radical (unpaired) electrons. The van der Waals surface area contributed by atoms with E-state index in [2.05, 4.69) is 75.4 Å². The molecule has 0 bridgehead atoms. The summed E-state index contributed by atoms with van der Waals surface area (Å²) in [7, 11) is 0. The highest BCUT2D eigenvalue weighted by atomic mass is 127. The van der Waals surface area contributed by atoms with Gasteiger partial charge in [-0.05, 0) is 70.0 Å².